The van der Waals surface area contributed by atoms with Gasteiger partial charge in [0, 0.05) is 16.2 Å². The molecule has 0 spiro atoms. The molecule has 1 rings (SSSR count). The summed E-state index contributed by atoms with van der Waals surface area (Å²) in [5.41, 5.74) is 6.19. The lowest BCUT2D eigenvalue weighted by Gasteiger charge is -2.18. The van der Waals surface area contributed by atoms with Crippen LogP contribution in [0.5, 0.6) is 0 Å². The lowest BCUT2D eigenvalue weighted by atomic mass is 10.1. The normalized spacial score (nSPS) is 11.9. The number of aliphatic carboxylic acids is 1. The van der Waals surface area contributed by atoms with Crippen molar-refractivity contribution >= 4 is 33.5 Å². The van der Waals surface area contributed by atoms with Crippen molar-refractivity contribution in [2.45, 2.75) is 25.8 Å². The maximum Gasteiger partial charge on any atom is 0.305 e. The van der Waals surface area contributed by atoms with Crippen molar-refractivity contribution in [3.05, 3.63) is 28.2 Å². The molecule has 1 aromatic rings. The van der Waals surface area contributed by atoms with Crippen molar-refractivity contribution in [1.29, 1.82) is 0 Å². The van der Waals surface area contributed by atoms with Gasteiger partial charge < -0.3 is 16.2 Å². The number of amides is 1. The Morgan fingerprint density at radius 3 is 2.67 bits per heavy atom. The summed E-state index contributed by atoms with van der Waals surface area (Å²) in [4.78, 5) is 22.1. The Hall–Kier alpha value is -1.56. The maximum absolute atomic E-state index is 11.4. The van der Waals surface area contributed by atoms with Crippen molar-refractivity contribution in [3.63, 3.8) is 0 Å². The van der Waals surface area contributed by atoms with Crippen LogP contribution >= 0.6 is 15.9 Å². The minimum Gasteiger partial charge on any atom is -0.481 e. The fourth-order valence-corrected chi connectivity index (χ4v) is 2.18. The molecular formula is C12H15BrN2O3. The van der Waals surface area contributed by atoms with Crippen LogP contribution in [0.1, 0.15) is 30.1 Å². The molecule has 1 unspecified atom stereocenters. The zero-order valence-corrected chi connectivity index (χ0v) is 11.5. The summed E-state index contributed by atoms with van der Waals surface area (Å²) in [6, 6.07) is 4.93. The van der Waals surface area contributed by atoms with Gasteiger partial charge in [0.2, 0.25) is 0 Å². The van der Waals surface area contributed by atoms with Gasteiger partial charge in [0.1, 0.15) is 0 Å². The molecule has 6 heteroatoms. The van der Waals surface area contributed by atoms with E-state index in [9.17, 15) is 9.59 Å². The Kier molecular flexibility index (Phi) is 5.15. The van der Waals surface area contributed by atoms with Crippen LogP contribution < -0.4 is 11.1 Å². The number of rotatable bonds is 6. The number of nitrogens with one attached hydrogen (secondary N) is 1. The first-order valence-electron chi connectivity index (χ1n) is 5.52. The standard InChI is InChI=1S/C12H15BrN2O3/c1-2-7(6-10(16)17)15-9-5-3-4-8(13)11(9)12(14)18/h3-5,7,15H,2,6H2,1H3,(H2,14,18)(H,16,17). The topological polar surface area (TPSA) is 92.4 Å². The van der Waals surface area contributed by atoms with Crippen molar-refractivity contribution in [2.75, 3.05) is 5.32 Å². The third-order valence-electron chi connectivity index (χ3n) is 2.53. The van der Waals surface area contributed by atoms with Crippen LogP contribution in [0, 0.1) is 0 Å². The van der Waals surface area contributed by atoms with Crippen molar-refractivity contribution in [2.24, 2.45) is 5.73 Å². The SMILES string of the molecule is CCC(CC(=O)O)Nc1cccc(Br)c1C(N)=O. The maximum atomic E-state index is 11.4. The molecule has 1 amide bonds. The highest BCUT2D eigenvalue weighted by atomic mass is 79.9. The minimum atomic E-state index is -0.884. The monoisotopic (exact) mass is 314 g/mol. The number of halogens is 1. The van der Waals surface area contributed by atoms with Crippen LogP contribution in [0.2, 0.25) is 0 Å². The average Bonchev–Trinajstić information content (AvgIpc) is 2.27. The number of anilines is 1. The largest absolute Gasteiger partial charge is 0.481 e. The van der Waals surface area contributed by atoms with Crippen LogP contribution in [0.25, 0.3) is 0 Å². The van der Waals surface area contributed by atoms with Crippen molar-refractivity contribution in [1.82, 2.24) is 0 Å². The van der Waals surface area contributed by atoms with Gasteiger partial charge in [0.25, 0.3) is 5.91 Å². The zero-order chi connectivity index (χ0) is 13.7. The van der Waals surface area contributed by atoms with Gasteiger partial charge in [-0.1, -0.05) is 13.0 Å². The number of carbonyl (C=O) groups excluding carboxylic acids is 1. The fraction of sp³-hybridized carbons (Fsp3) is 0.333. The smallest absolute Gasteiger partial charge is 0.305 e. The molecule has 0 heterocycles. The molecule has 1 aromatic carbocycles. The summed E-state index contributed by atoms with van der Waals surface area (Å²) in [7, 11) is 0. The highest BCUT2D eigenvalue weighted by Gasteiger charge is 2.16. The molecule has 4 N–H and O–H groups in total. The molecule has 0 bridgehead atoms. The van der Waals surface area contributed by atoms with E-state index in [0.717, 1.165) is 0 Å². The Bertz CT molecular complexity index is 463. The number of carbonyl (C=O) groups is 2. The van der Waals surface area contributed by atoms with E-state index in [2.05, 4.69) is 21.2 Å². The van der Waals surface area contributed by atoms with Gasteiger partial charge in [0.15, 0.2) is 0 Å². The van der Waals surface area contributed by atoms with Gasteiger partial charge in [-0.3, -0.25) is 9.59 Å². The average molecular weight is 315 g/mol. The van der Waals surface area contributed by atoms with E-state index >= 15 is 0 Å². The van der Waals surface area contributed by atoms with Crippen LogP contribution in [-0.4, -0.2) is 23.0 Å². The predicted octanol–water partition coefficient (Wildman–Crippen LogP) is 2.21. The van der Waals surface area contributed by atoms with E-state index in [-0.39, 0.29) is 12.5 Å². The Morgan fingerprint density at radius 2 is 2.17 bits per heavy atom. The lowest BCUT2D eigenvalue weighted by Crippen LogP contribution is -2.24. The molecule has 0 aromatic heterocycles. The van der Waals surface area contributed by atoms with Crippen molar-refractivity contribution < 1.29 is 14.7 Å². The van der Waals surface area contributed by atoms with Gasteiger partial charge >= 0.3 is 5.97 Å². The van der Waals surface area contributed by atoms with Crippen molar-refractivity contribution in [3.8, 4) is 0 Å². The summed E-state index contributed by atoms with van der Waals surface area (Å²) >= 11 is 3.25. The second kappa shape index (κ2) is 6.39. The molecule has 0 radical (unpaired) electrons. The number of carboxylic acid groups (broad SMARTS) is 1. The summed E-state index contributed by atoms with van der Waals surface area (Å²) < 4.78 is 0.588. The van der Waals surface area contributed by atoms with Crippen LogP contribution in [0.15, 0.2) is 22.7 Å². The van der Waals surface area contributed by atoms with E-state index in [1.807, 2.05) is 6.92 Å². The number of nitrogens with two attached hydrogens (primary N) is 1. The van der Waals surface area contributed by atoms with Gasteiger partial charge in [0.05, 0.1) is 12.0 Å². The molecule has 0 fully saturated rings. The van der Waals surface area contributed by atoms with Gasteiger partial charge in [-0.05, 0) is 34.5 Å². The quantitative estimate of drug-likeness (QED) is 0.750. The van der Waals surface area contributed by atoms with Gasteiger partial charge in [-0.25, -0.2) is 0 Å². The summed E-state index contributed by atoms with van der Waals surface area (Å²) in [6.07, 6.45) is 0.623. The second-order valence-corrected chi connectivity index (χ2v) is 4.73. The first kappa shape index (κ1) is 14.5. The third kappa shape index (κ3) is 3.73. The lowest BCUT2D eigenvalue weighted by molar-refractivity contribution is -0.137. The highest BCUT2D eigenvalue weighted by Crippen LogP contribution is 2.25. The molecule has 98 valence electrons. The summed E-state index contributed by atoms with van der Waals surface area (Å²) in [5, 5.41) is 11.8. The Balaban J connectivity index is 2.99. The Labute approximate surface area is 113 Å². The predicted molar refractivity (Wildman–Crippen MR) is 72.6 cm³/mol. The van der Waals surface area contributed by atoms with Crippen LogP contribution in [0.4, 0.5) is 5.69 Å². The molecule has 18 heavy (non-hydrogen) atoms. The molecule has 0 saturated heterocycles. The Morgan fingerprint density at radius 1 is 1.50 bits per heavy atom. The summed E-state index contributed by atoms with van der Waals surface area (Å²) in [6.45, 7) is 1.88. The minimum absolute atomic E-state index is 0.0127. The van der Waals surface area contributed by atoms with E-state index in [4.69, 9.17) is 10.8 Å². The zero-order valence-electron chi connectivity index (χ0n) is 9.94. The van der Waals surface area contributed by atoms with E-state index in [0.29, 0.717) is 22.1 Å². The van der Waals surface area contributed by atoms with Gasteiger partial charge in [-0.15, -0.1) is 0 Å². The molecule has 1 atom stereocenters. The molecular weight excluding hydrogens is 300 g/mol. The van der Waals surface area contributed by atoms with Crippen LogP contribution in [0.3, 0.4) is 0 Å². The molecule has 0 aliphatic rings. The van der Waals surface area contributed by atoms with E-state index < -0.39 is 11.9 Å². The number of hydrogen-bond donors (Lipinski definition) is 3. The fourth-order valence-electron chi connectivity index (χ4n) is 1.62. The van der Waals surface area contributed by atoms with E-state index in [1.165, 1.54) is 0 Å². The summed E-state index contributed by atoms with van der Waals surface area (Å²) in [5.74, 6) is -1.44. The molecule has 5 nitrogen and oxygen atoms in total. The molecule has 0 aliphatic carbocycles. The number of benzene rings is 1. The first-order chi connectivity index (χ1) is 8.45. The molecule has 0 aliphatic heterocycles. The third-order valence-corrected chi connectivity index (χ3v) is 3.19. The first-order valence-corrected chi connectivity index (χ1v) is 6.31. The number of primary amides is 1. The van der Waals surface area contributed by atoms with E-state index in [1.54, 1.807) is 18.2 Å². The molecule has 0 saturated carbocycles. The highest BCUT2D eigenvalue weighted by molar-refractivity contribution is 9.10. The van der Waals surface area contributed by atoms with Gasteiger partial charge in [-0.2, -0.15) is 0 Å². The van der Waals surface area contributed by atoms with Crippen LogP contribution in [-0.2, 0) is 4.79 Å². The number of hydrogen-bond acceptors (Lipinski definition) is 3. The number of carboxylic acids is 1. The second-order valence-electron chi connectivity index (χ2n) is 3.87.